The van der Waals surface area contributed by atoms with Crippen molar-refractivity contribution in [3.8, 4) is 5.75 Å². The minimum absolute atomic E-state index is 0.279. The van der Waals surface area contributed by atoms with Crippen LogP contribution in [-0.4, -0.2) is 29.1 Å². The first kappa shape index (κ1) is 24.5. The fourth-order valence-electron chi connectivity index (χ4n) is 3.53. The Bertz CT molecular complexity index is 966. The van der Waals surface area contributed by atoms with Gasteiger partial charge in [0.1, 0.15) is 17.8 Å². The maximum absolute atomic E-state index is 13.6. The zero-order valence-corrected chi connectivity index (χ0v) is 19.8. The molecule has 172 valence electrons. The molecule has 0 radical (unpaired) electrons. The number of fused-ring (bicyclic) bond motifs is 1. The first-order chi connectivity index (χ1) is 15.4. The molecule has 1 aliphatic rings. The number of hydrogen-bond donors (Lipinski definition) is 1. The zero-order valence-electron chi connectivity index (χ0n) is 18.1. The molecule has 0 saturated carbocycles. The Morgan fingerprint density at radius 1 is 1.31 bits per heavy atom. The van der Waals surface area contributed by atoms with E-state index in [1.165, 1.54) is 23.9 Å². The van der Waals surface area contributed by atoms with Crippen LogP contribution in [-0.2, 0) is 4.79 Å². The molecule has 1 aliphatic heterocycles. The molecule has 0 fully saturated rings. The van der Waals surface area contributed by atoms with Crippen molar-refractivity contribution in [3.63, 3.8) is 0 Å². The van der Waals surface area contributed by atoms with Gasteiger partial charge in [0, 0.05) is 22.9 Å². The number of anilines is 2. The van der Waals surface area contributed by atoms with Gasteiger partial charge in [0.15, 0.2) is 0 Å². The highest BCUT2D eigenvalue weighted by Crippen LogP contribution is 2.46. The van der Waals surface area contributed by atoms with Gasteiger partial charge in [-0.25, -0.2) is 9.18 Å². The van der Waals surface area contributed by atoms with Gasteiger partial charge >= 0.3 is 5.97 Å². The summed E-state index contributed by atoms with van der Waals surface area (Å²) in [6, 6.07) is 10.4. The fourth-order valence-corrected chi connectivity index (χ4v) is 5.48. The molecule has 1 unspecified atom stereocenters. The molecular weight excluding hydrogens is 452 g/mol. The van der Waals surface area contributed by atoms with Crippen LogP contribution in [0.25, 0.3) is 0 Å². The fraction of sp³-hybridized carbons (Fsp3) is 0.375. The average molecular weight is 480 g/mol. The first-order valence-electron chi connectivity index (χ1n) is 10.6. The summed E-state index contributed by atoms with van der Waals surface area (Å²) in [5.74, 6) is -0.738. The predicted molar refractivity (Wildman–Crippen MR) is 127 cm³/mol. The van der Waals surface area contributed by atoms with Crippen molar-refractivity contribution in [1.82, 2.24) is 0 Å². The summed E-state index contributed by atoms with van der Waals surface area (Å²) in [7, 11) is 0. The number of rotatable bonds is 9. The molecule has 1 N–H and O–H groups in total. The largest absolute Gasteiger partial charge is 0.476 e. The zero-order chi connectivity index (χ0) is 23.1. The summed E-state index contributed by atoms with van der Waals surface area (Å²) < 4.78 is 32.5. The Morgan fingerprint density at radius 2 is 2.06 bits per heavy atom. The minimum Gasteiger partial charge on any atom is -0.476 e. The van der Waals surface area contributed by atoms with Crippen LogP contribution >= 0.6 is 23.5 Å². The number of benzene rings is 2. The van der Waals surface area contributed by atoms with Crippen molar-refractivity contribution >= 4 is 40.9 Å². The average Bonchev–Trinajstić information content (AvgIpc) is 2.95. The quantitative estimate of drug-likeness (QED) is 0.232. The monoisotopic (exact) mass is 479 g/mol. The number of carboxylic acid groups (broad SMARTS) is 1. The summed E-state index contributed by atoms with van der Waals surface area (Å²) in [4.78, 5) is 14.8. The second kappa shape index (κ2) is 11.6. The van der Waals surface area contributed by atoms with E-state index in [0.29, 0.717) is 17.9 Å². The molecule has 0 saturated heterocycles. The highest BCUT2D eigenvalue weighted by Gasteiger charge is 2.25. The number of hydrogen-bond acceptors (Lipinski definition) is 5. The van der Waals surface area contributed by atoms with E-state index in [2.05, 4.69) is 11.8 Å². The van der Waals surface area contributed by atoms with Crippen LogP contribution in [0.5, 0.6) is 5.75 Å². The molecule has 0 aliphatic carbocycles. The lowest BCUT2D eigenvalue weighted by Crippen LogP contribution is -2.25. The van der Waals surface area contributed by atoms with Crippen molar-refractivity contribution < 1.29 is 23.4 Å². The van der Waals surface area contributed by atoms with Crippen LogP contribution in [0, 0.1) is 11.7 Å². The Hall–Kier alpha value is -2.19. The van der Waals surface area contributed by atoms with E-state index in [4.69, 9.17) is 9.84 Å². The molecular formula is C24H27F2NO3S2. The van der Waals surface area contributed by atoms with Crippen LogP contribution in [0.1, 0.15) is 33.1 Å². The number of unbranched alkanes of at least 4 members (excludes halogenated alkanes) is 1. The Kier molecular flexibility index (Phi) is 8.87. The molecule has 1 heterocycles. The number of aliphatic carboxylic acids is 1. The summed E-state index contributed by atoms with van der Waals surface area (Å²) in [6.45, 7) is 4.99. The topological polar surface area (TPSA) is 49.8 Å². The maximum Gasteiger partial charge on any atom is 0.368 e. The lowest BCUT2D eigenvalue weighted by molar-refractivity contribution is -0.134. The number of ether oxygens (including phenoxy) is 1. The van der Waals surface area contributed by atoms with Gasteiger partial charge in [0.05, 0.1) is 10.6 Å². The number of carboxylic acids is 1. The van der Waals surface area contributed by atoms with Crippen molar-refractivity contribution in [2.45, 2.75) is 42.9 Å². The molecule has 3 rings (SSSR count). The van der Waals surface area contributed by atoms with Gasteiger partial charge in [-0.05, 0) is 54.5 Å². The van der Waals surface area contributed by atoms with Crippen molar-refractivity contribution in [2.75, 3.05) is 23.0 Å². The molecule has 32 heavy (non-hydrogen) atoms. The smallest absolute Gasteiger partial charge is 0.368 e. The van der Waals surface area contributed by atoms with Gasteiger partial charge < -0.3 is 14.7 Å². The number of thioether (sulfide) groups is 2. The van der Waals surface area contributed by atoms with E-state index < -0.39 is 11.8 Å². The van der Waals surface area contributed by atoms with Gasteiger partial charge in [0.25, 0.3) is 0 Å². The molecule has 2 aromatic carbocycles. The van der Waals surface area contributed by atoms with Gasteiger partial charge in [-0.2, -0.15) is 4.39 Å². The highest BCUT2D eigenvalue weighted by atomic mass is 32.2. The molecule has 0 spiro atoms. The Morgan fingerprint density at radius 3 is 2.72 bits per heavy atom. The molecule has 8 heteroatoms. The van der Waals surface area contributed by atoms with Crippen LogP contribution in [0.3, 0.4) is 0 Å². The van der Waals surface area contributed by atoms with Crippen LogP contribution in [0.4, 0.5) is 20.2 Å². The van der Waals surface area contributed by atoms with E-state index in [1.807, 2.05) is 19.1 Å². The lowest BCUT2D eigenvalue weighted by atomic mass is 10.0. The second-order valence-electron chi connectivity index (χ2n) is 7.49. The third-order valence-electron chi connectivity index (χ3n) is 5.13. The maximum atomic E-state index is 13.6. The Labute approximate surface area is 196 Å². The van der Waals surface area contributed by atoms with E-state index in [1.54, 1.807) is 23.9 Å². The number of carbonyl (C=O) groups is 1. The number of nitrogens with zero attached hydrogens (tertiary/aromatic N) is 1. The van der Waals surface area contributed by atoms with Crippen molar-refractivity contribution in [3.05, 3.63) is 54.3 Å². The standard InChI is InChI=1S/C24H27F2NO3S2/c1-3-5-6-16-13-27(18-9-7-17(25)8-10-18)20-11-23(31-4-2)21(12-22(20)32-15-16)30-14-19(26)24(28)29/h7-12,14,16H,3-6,13,15H2,1-2H3,(H,28,29)/b19-14-. The van der Waals surface area contributed by atoms with E-state index in [9.17, 15) is 13.6 Å². The number of halogens is 2. The SMILES string of the molecule is CCCCC1CSc2cc(O/C=C(\F)C(=O)O)c(SCC)cc2N(c2ccc(F)cc2)C1. The van der Waals surface area contributed by atoms with Crippen molar-refractivity contribution in [1.29, 1.82) is 0 Å². The molecule has 1 atom stereocenters. The Balaban J connectivity index is 2.04. The predicted octanol–water partition coefficient (Wildman–Crippen LogP) is 7.26. The normalized spacial score (nSPS) is 16.4. The third kappa shape index (κ3) is 6.19. The summed E-state index contributed by atoms with van der Waals surface area (Å²) in [5, 5.41) is 8.78. The summed E-state index contributed by atoms with van der Waals surface area (Å²) >= 11 is 3.25. The molecule has 0 aromatic heterocycles. The second-order valence-corrected chi connectivity index (χ2v) is 9.86. The van der Waals surface area contributed by atoms with Crippen LogP contribution < -0.4 is 9.64 Å². The molecule has 2 aromatic rings. The van der Waals surface area contributed by atoms with Gasteiger partial charge in [0.2, 0.25) is 5.83 Å². The van der Waals surface area contributed by atoms with E-state index in [-0.39, 0.29) is 5.82 Å². The molecule has 0 bridgehead atoms. The molecule has 0 amide bonds. The van der Waals surface area contributed by atoms with E-state index in [0.717, 1.165) is 58.5 Å². The lowest BCUT2D eigenvalue weighted by Gasteiger charge is -2.28. The summed E-state index contributed by atoms with van der Waals surface area (Å²) in [6.07, 6.45) is 4.00. The highest BCUT2D eigenvalue weighted by molar-refractivity contribution is 7.99. The van der Waals surface area contributed by atoms with Gasteiger partial charge in [-0.1, -0.05) is 26.7 Å². The third-order valence-corrected chi connectivity index (χ3v) is 7.32. The summed E-state index contributed by atoms with van der Waals surface area (Å²) in [5.41, 5.74) is 1.90. The first-order valence-corrected chi connectivity index (χ1v) is 12.6. The van der Waals surface area contributed by atoms with E-state index >= 15 is 0 Å². The van der Waals surface area contributed by atoms with Crippen molar-refractivity contribution in [2.24, 2.45) is 5.92 Å². The van der Waals surface area contributed by atoms with Gasteiger partial charge in [-0.15, -0.1) is 23.5 Å². The van der Waals surface area contributed by atoms with Gasteiger partial charge in [-0.3, -0.25) is 0 Å². The molecule has 4 nitrogen and oxygen atoms in total. The minimum atomic E-state index is -1.67. The van der Waals surface area contributed by atoms with Crippen LogP contribution in [0.2, 0.25) is 0 Å². The van der Waals surface area contributed by atoms with Crippen LogP contribution in [0.15, 0.2) is 58.3 Å².